The van der Waals surface area contributed by atoms with Crippen LogP contribution in [0.3, 0.4) is 0 Å². The molecule has 16 heavy (non-hydrogen) atoms. The van der Waals surface area contributed by atoms with E-state index in [9.17, 15) is 5.11 Å². The Balaban J connectivity index is 0.00000128. The maximum Gasteiger partial charge on any atom is 0.0534 e. The van der Waals surface area contributed by atoms with Crippen molar-refractivity contribution in [2.45, 2.75) is 26.7 Å². The Hall–Kier alpha value is -0.210. The van der Waals surface area contributed by atoms with Gasteiger partial charge in [-0.05, 0) is 26.7 Å². The molecule has 1 nitrogen and oxygen atoms in total. The average Bonchev–Trinajstić information content (AvgIpc) is 2.80. The first kappa shape index (κ1) is 13.9. The van der Waals surface area contributed by atoms with E-state index in [2.05, 4.69) is 38.2 Å². The third-order valence-electron chi connectivity index (χ3n) is 3.45. The van der Waals surface area contributed by atoms with Crippen LogP contribution < -0.4 is 0 Å². The van der Waals surface area contributed by atoms with E-state index in [0.29, 0.717) is 0 Å². The first-order valence-corrected chi connectivity index (χ1v) is 5.57. The molecular formula is C14H18HfO. The third kappa shape index (κ3) is 2.54. The topological polar surface area (TPSA) is 20.2 Å². The Morgan fingerprint density at radius 3 is 1.75 bits per heavy atom. The van der Waals surface area contributed by atoms with Crippen molar-refractivity contribution in [1.82, 2.24) is 0 Å². The summed E-state index contributed by atoms with van der Waals surface area (Å²) in [7, 11) is 0. The molecule has 0 amide bonds. The van der Waals surface area contributed by atoms with Gasteiger partial charge in [0.1, 0.15) is 0 Å². The normalized spacial score (nSPS) is 19.0. The second-order valence-electron chi connectivity index (χ2n) is 4.36. The van der Waals surface area contributed by atoms with Crippen molar-refractivity contribution in [3.05, 3.63) is 46.6 Å². The van der Waals surface area contributed by atoms with Gasteiger partial charge >= 0.3 is 0 Å². The van der Waals surface area contributed by atoms with Crippen molar-refractivity contribution >= 4 is 0 Å². The van der Waals surface area contributed by atoms with Crippen molar-refractivity contribution in [2.24, 2.45) is 5.92 Å². The zero-order valence-corrected chi connectivity index (χ0v) is 13.5. The van der Waals surface area contributed by atoms with Crippen molar-refractivity contribution in [1.29, 1.82) is 0 Å². The minimum atomic E-state index is 0. The van der Waals surface area contributed by atoms with Crippen LogP contribution in [0.15, 0.2) is 46.6 Å². The molecule has 2 rings (SSSR count). The standard InChI is InChI=1S/C14H18O.Hf/c1-10-5-3-7-12(10)14(9-15)13-8-4-6-11(13)2;/h3-6,14-15H,7-9H2,1-2H3;. The summed E-state index contributed by atoms with van der Waals surface area (Å²) in [6.45, 7) is 4.52. The Morgan fingerprint density at radius 2 is 1.50 bits per heavy atom. The average molecular weight is 381 g/mol. The summed E-state index contributed by atoms with van der Waals surface area (Å²) in [6, 6.07) is 0. The van der Waals surface area contributed by atoms with Gasteiger partial charge in [0.15, 0.2) is 0 Å². The van der Waals surface area contributed by atoms with Gasteiger partial charge in [0, 0.05) is 31.8 Å². The van der Waals surface area contributed by atoms with Crippen LogP contribution in [0.5, 0.6) is 0 Å². The van der Waals surface area contributed by atoms with Crippen molar-refractivity contribution in [2.75, 3.05) is 6.61 Å². The summed E-state index contributed by atoms with van der Waals surface area (Å²) < 4.78 is 0. The van der Waals surface area contributed by atoms with Crippen LogP contribution in [0.2, 0.25) is 0 Å². The molecule has 0 fully saturated rings. The maximum absolute atomic E-state index is 9.56. The molecule has 0 saturated carbocycles. The van der Waals surface area contributed by atoms with Crippen LogP contribution in [-0.2, 0) is 25.8 Å². The largest absolute Gasteiger partial charge is 0.395 e. The van der Waals surface area contributed by atoms with E-state index in [4.69, 9.17) is 0 Å². The number of aliphatic hydroxyl groups is 1. The van der Waals surface area contributed by atoms with Gasteiger partial charge in [-0.1, -0.05) is 46.6 Å². The van der Waals surface area contributed by atoms with Crippen molar-refractivity contribution in [3.63, 3.8) is 0 Å². The van der Waals surface area contributed by atoms with E-state index >= 15 is 0 Å². The summed E-state index contributed by atoms with van der Waals surface area (Å²) in [5.74, 6) is 0.245. The van der Waals surface area contributed by atoms with Gasteiger partial charge in [-0.3, -0.25) is 0 Å². The summed E-state index contributed by atoms with van der Waals surface area (Å²) in [6.07, 6.45) is 10.7. The molecule has 0 atom stereocenters. The summed E-state index contributed by atoms with van der Waals surface area (Å²) in [4.78, 5) is 0. The molecule has 0 aromatic rings. The second-order valence-corrected chi connectivity index (χ2v) is 4.36. The number of rotatable bonds is 3. The first-order valence-electron chi connectivity index (χ1n) is 5.57. The van der Waals surface area contributed by atoms with Crippen molar-refractivity contribution < 1.29 is 30.9 Å². The first-order chi connectivity index (χ1) is 7.24. The molecule has 0 unspecified atom stereocenters. The van der Waals surface area contributed by atoms with E-state index in [1.165, 1.54) is 22.3 Å². The zero-order chi connectivity index (χ0) is 10.8. The van der Waals surface area contributed by atoms with Crippen LogP contribution in [0, 0.1) is 5.92 Å². The van der Waals surface area contributed by atoms with E-state index in [-0.39, 0.29) is 38.4 Å². The van der Waals surface area contributed by atoms with Crippen LogP contribution in [0.25, 0.3) is 0 Å². The molecule has 2 aliphatic rings. The van der Waals surface area contributed by atoms with Gasteiger partial charge in [-0.25, -0.2) is 0 Å². The number of allylic oxidation sites excluding steroid dienone is 6. The minimum absolute atomic E-state index is 0. The Morgan fingerprint density at radius 1 is 1.06 bits per heavy atom. The molecule has 0 saturated heterocycles. The van der Waals surface area contributed by atoms with Gasteiger partial charge in [0.2, 0.25) is 0 Å². The molecule has 0 radical (unpaired) electrons. The summed E-state index contributed by atoms with van der Waals surface area (Å²) in [5, 5.41) is 9.56. The Labute approximate surface area is 116 Å². The fourth-order valence-electron chi connectivity index (χ4n) is 2.53. The number of hydrogen-bond acceptors (Lipinski definition) is 1. The van der Waals surface area contributed by atoms with Crippen LogP contribution in [-0.4, -0.2) is 11.7 Å². The monoisotopic (exact) mass is 382 g/mol. The van der Waals surface area contributed by atoms with Gasteiger partial charge in [0.05, 0.1) is 6.61 Å². The predicted molar refractivity (Wildman–Crippen MR) is 63.5 cm³/mol. The summed E-state index contributed by atoms with van der Waals surface area (Å²) in [5.41, 5.74) is 5.47. The quantitative estimate of drug-likeness (QED) is 0.746. The van der Waals surface area contributed by atoms with E-state index in [0.717, 1.165) is 12.8 Å². The SMILES string of the molecule is CC1=C(C(CO)C2=C(C)C=CC2)CC=C1.[Hf]. The molecule has 84 valence electrons. The third-order valence-corrected chi connectivity index (χ3v) is 3.45. The summed E-state index contributed by atoms with van der Waals surface area (Å²) >= 11 is 0. The molecule has 0 spiro atoms. The predicted octanol–water partition coefficient (Wildman–Crippen LogP) is 3.15. The minimum Gasteiger partial charge on any atom is -0.395 e. The van der Waals surface area contributed by atoms with Gasteiger partial charge in [0.25, 0.3) is 0 Å². The van der Waals surface area contributed by atoms with Crippen LogP contribution >= 0.6 is 0 Å². The van der Waals surface area contributed by atoms with Crippen LogP contribution in [0.4, 0.5) is 0 Å². The van der Waals surface area contributed by atoms with Gasteiger partial charge in [-0.2, -0.15) is 0 Å². The Bertz CT molecular complexity index is 350. The molecule has 0 heterocycles. The Kier molecular flexibility index (Phi) is 5.13. The van der Waals surface area contributed by atoms with E-state index in [1.54, 1.807) is 0 Å². The van der Waals surface area contributed by atoms with E-state index in [1.807, 2.05) is 0 Å². The fourth-order valence-corrected chi connectivity index (χ4v) is 2.53. The zero-order valence-electron chi connectivity index (χ0n) is 9.96. The second kappa shape index (κ2) is 5.92. The number of hydrogen-bond donors (Lipinski definition) is 1. The molecule has 0 aliphatic heterocycles. The molecule has 0 aromatic carbocycles. The number of aliphatic hydroxyl groups excluding tert-OH is 1. The fraction of sp³-hybridized carbons (Fsp3) is 0.429. The van der Waals surface area contributed by atoms with Crippen LogP contribution in [0.1, 0.15) is 26.7 Å². The molecule has 0 aromatic heterocycles. The van der Waals surface area contributed by atoms with Gasteiger partial charge < -0.3 is 5.11 Å². The van der Waals surface area contributed by atoms with Crippen molar-refractivity contribution in [3.8, 4) is 0 Å². The molecule has 2 aliphatic carbocycles. The maximum atomic E-state index is 9.56. The molecule has 2 heteroatoms. The van der Waals surface area contributed by atoms with E-state index < -0.39 is 0 Å². The van der Waals surface area contributed by atoms with Gasteiger partial charge in [-0.15, -0.1) is 0 Å². The molecule has 0 bridgehead atoms. The molecular weight excluding hydrogens is 363 g/mol. The molecule has 1 N–H and O–H groups in total. The smallest absolute Gasteiger partial charge is 0.0534 e.